The molecule has 0 heterocycles. The van der Waals surface area contributed by atoms with E-state index >= 15 is 0 Å². The minimum atomic E-state index is -1.36. The molecule has 0 saturated carbocycles. The maximum Gasteiger partial charge on any atom is 0.317 e. The molecule has 0 saturated heterocycles. The molecule has 2 unspecified atom stereocenters. The SMILES string of the molecule is CCOC(=O)C(C(=O)c1ccc(Br)cc1)C(C)C(C(=O)OCC)C(=O)c1ccc(Br)cc1. The fraction of sp³-hybridized carbons (Fsp3) is 0.333. The quantitative estimate of drug-likeness (QED) is 0.221. The number of Topliss-reactive ketones (excluding diaryl/α,β-unsaturated/α-hetero) is 2. The fourth-order valence-corrected chi connectivity index (χ4v) is 3.89. The Labute approximate surface area is 203 Å². The van der Waals surface area contributed by atoms with Crippen LogP contribution < -0.4 is 0 Å². The minimum absolute atomic E-state index is 0.0560. The molecule has 8 heteroatoms. The van der Waals surface area contributed by atoms with Crippen LogP contribution in [0.25, 0.3) is 0 Å². The summed E-state index contributed by atoms with van der Waals surface area (Å²) in [5, 5.41) is 0. The molecule has 0 radical (unpaired) electrons. The highest BCUT2D eigenvalue weighted by Crippen LogP contribution is 2.30. The maximum absolute atomic E-state index is 13.3. The van der Waals surface area contributed by atoms with E-state index in [-0.39, 0.29) is 24.3 Å². The molecular formula is C24H24Br2O6. The van der Waals surface area contributed by atoms with Gasteiger partial charge in [0.05, 0.1) is 13.2 Å². The first-order valence-corrected chi connectivity index (χ1v) is 11.7. The molecule has 2 atom stereocenters. The summed E-state index contributed by atoms with van der Waals surface area (Å²) in [6.07, 6.45) is 0. The van der Waals surface area contributed by atoms with Crippen molar-refractivity contribution in [2.24, 2.45) is 17.8 Å². The van der Waals surface area contributed by atoms with Gasteiger partial charge in [-0.05, 0) is 44.0 Å². The van der Waals surface area contributed by atoms with Crippen molar-refractivity contribution in [3.05, 3.63) is 68.6 Å². The van der Waals surface area contributed by atoms with Gasteiger partial charge >= 0.3 is 11.9 Å². The Morgan fingerprint density at radius 3 is 1.28 bits per heavy atom. The molecule has 2 aromatic carbocycles. The number of hydrogen-bond donors (Lipinski definition) is 0. The van der Waals surface area contributed by atoms with E-state index in [9.17, 15) is 19.2 Å². The molecule has 2 rings (SSSR count). The fourth-order valence-electron chi connectivity index (χ4n) is 3.36. The Morgan fingerprint density at radius 1 is 0.688 bits per heavy atom. The van der Waals surface area contributed by atoms with E-state index in [0.717, 1.165) is 8.95 Å². The summed E-state index contributed by atoms with van der Waals surface area (Å²) >= 11 is 6.62. The van der Waals surface area contributed by atoms with Gasteiger partial charge in [-0.2, -0.15) is 0 Å². The van der Waals surface area contributed by atoms with E-state index in [4.69, 9.17) is 9.47 Å². The van der Waals surface area contributed by atoms with Crippen molar-refractivity contribution in [2.45, 2.75) is 20.8 Å². The molecule has 0 bridgehead atoms. The number of ketones is 2. The molecule has 0 spiro atoms. The van der Waals surface area contributed by atoms with E-state index in [0.29, 0.717) is 0 Å². The summed E-state index contributed by atoms with van der Waals surface area (Å²) in [5.41, 5.74) is 0.550. The summed E-state index contributed by atoms with van der Waals surface area (Å²) in [6, 6.07) is 13.0. The Bertz CT molecular complexity index is 889. The number of rotatable bonds is 10. The Kier molecular flexibility index (Phi) is 9.78. The van der Waals surface area contributed by atoms with Crippen molar-refractivity contribution in [2.75, 3.05) is 13.2 Å². The van der Waals surface area contributed by atoms with Crippen LogP contribution in [0.15, 0.2) is 57.5 Å². The third kappa shape index (κ3) is 6.36. The minimum Gasteiger partial charge on any atom is -0.465 e. The molecule has 0 aliphatic carbocycles. The number of hydrogen-bond acceptors (Lipinski definition) is 6. The van der Waals surface area contributed by atoms with Gasteiger partial charge in [0, 0.05) is 20.1 Å². The predicted molar refractivity (Wildman–Crippen MR) is 126 cm³/mol. The summed E-state index contributed by atoms with van der Waals surface area (Å²) in [5.74, 6) is -6.34. The topological polar surface area (TPSA) is 86.7 Å². The van der Waals surface area contributed by atoms with Gasteiger partial charge in [-0.25, -0.2) is 0 Å². The molecule has 6 nitrogen and oxygen atoms in total. The highest BCUT2D eigenvalue weighted by molar-refractivity contribution is 9.10. The van der Waals surface area contributed by atoms with Gasteiger partial charge in [-0.3, -0.25) is 19.2 Å². The zero-order valence-corrected chi connectivity index (χ0v) is 21.1. The second kappa shape index (κ2) is 12.1. The highest BCUT2D eigenvalue weighted by atomic mass is 79.9. The summed E-state index contributed by atoms with van der Waals surface area (Å²) < 4.78 is 11.8. The summed E-state index contributed by atoms with van der Waals surface area (Å²) in [4.78, 5) is 52.3. The average Bonchev–Trinajstić information content (AvgIpc) is 2.75. The van der Waals surface area contributed by atoms with Crippen LogP contribution in [-0.2, 0) is 19.1 Å². The number of ether oxygens (including phenoxy) is 2. The lowest BCUT2D eigenvalue weighted by Crippen LogP contribution is -2.42. The molecule has 32 heavy (non-hydrogen) atoms. The van der Waals surface area contributed by atoms with Crippen LogP contribution in [-0.4, -0.2) is 36.7 Å². The first kappa shape index (κ1) is 25.9. The van der Waals surface area contributed by atoms with Gasteiger partial charge in [-0.15, -0.1) is 0 Å². The Balaban J connectivity index is 2.51. The van der Waals surface area contributed by atoms with Crippen LogP contribution >= 0.6 is 31.9 Å². The molecule has 0 fully saturated rings. The van der Waals surface area contributed by atoms with Crippen LogP contribution in [0, 0.1) is 17.8 Å². The number of esters is 2. The van der Waals surface area contributed by atoms with Crippen LogP contribution in [0.1, 0.15) is 41.5 Å². The molecule has 0 N–H and O–H groups in total. The van der Waals surface area contributed by atoms with Crippen molar-refractivity contribution in [3.8, 4) is 0 Å². The van der Waals surface area contributed by atoms with E-state index in [1.165, 1.54) is 6.92 Å². The lowest BCUT2D eigenvalue weighted by Gasteiger charge is -2.27. The molecule has 2 aromatic rings. The maximum atomic E-state index is 13.3. The lowest BCUT2D eigenvalue weighted by molar-refractivity contribution is -0.152. The van der Waals surface area contributed by atoms with Crippen LogP contribution in [0.5, 0.6) is 0 Å². The zero-order chi connectivity index (χ0) is 23.8. The predicted octanol–water partition coefficient (Wildman–Crippen LogP) is 5.27. The van der Waals surface area contributed by atoms with E-state index < -0.39 is 41.3 Å². The van der Waals surface area contributed by atoms with Gasteiger partial charge in [0.1, 0.15) is 11.8 Å². The molecule has 170 valence electrons. The Morgan fingerprint density at radius 2 is 1.00 bits per heavy atom. The Hall–Kier alpha value is -2.32. The summed E-state index contributed by atoms with van der Waals surface area (Å²) in [7, 11) is 0. The standard InChI is InChI=1S/C24H24Br2O6/c1-4-31-23(29)19(21(27)15-6-10-17(25)11-7-15)14(3)20(24(30)32-5-2)22(28)16-8-12-18(26)13-9-16/h6-14,19-20H,4-5H2,1-3H3. The van der Waals surface area contributed by atoms with E-state index in [2.05, 4.69) is 31.9 Å². The third-order valence-electron chi connectivity index (χ3n) is 4.96. The van der Waals surface area contributed by atoms with Crippen LogP contribution in [0.3, 0.4) is 0 Å². The van der Waals surface area contributed by atoms with Gasteiger partial charge < -0.3 is 9.47 Å². The largest absolute Gasteiger partial charge is 0.465 e. The lowest BCUT2D eigenvalue weighted by atomic mass is 9.76. The van der Waals surface area contributed by atoms with Crippen LogP contribution in [0.2, 0.25) is 0 Å². The molecular weight excluding hydrogens is 544 g/mol. The highest BCUT2D eigenvalue weighted by Gasteiger charge is 2.44. The number of benzene rings is 2. The van der Waals surface area contributed by atoms with Crippen molar-refractivity contribution in [1.82, 2.24) is 0 Å². The van der Waals surface area contributed by atoms with Crippen molar-refractivity contribution < 1.29 is 28.7 Å². The van der Waals surface area contributed by atoms with Gasteiger partial charge in [-0.1, -0.05) is 63.0 Å². The number of halogens is 2. The number of carbonyl (C=O) groups excluding carboxylic acids is 4. The van der Waals surface area contributed by atoms with Crippen molar-refractivity contribution in [3.63, 3.8) is 0 Å². The molecule has 0 aromatic heterocycles. The second-order valence-corrected chi connectivity index (χ2v) is 8.89. The third-order valence-corrected chi connectivity index (χ3v) is 6.01. The van der Waals surface area contributed by atoms with Gasteiger partial charge in [0.25, 0.3) is 0 Å². The second-order valence-electron chi connectivity index (χ2n) is 7.06. The number of carbonyl (C=O) groups is 4. The van der Waals surface area contributed by atoms with Crippen molar-refractivity contribution in [1.29, 1.82) is 0 Å². The summed E-state index contributed by atoms with van der Waals surface area (Å²) in [6.45, 7) is 4.89. The first-order chi connectivity index (χ1) is 15.2. The van der Waals surface area contributed by atoms with Crippen LogP contribution in [0.4, 0.5) is 0 Å². The monoisotopic (exact) mass is 566 g/mol. The van der Waals surface area contributed by atoms with Crippen molar-refractivity contribution >= 4 is 55.4 Å². The normalized spacial score (nSPS) is 13.5. The average molecular weight is 568 g/mol. The van der Waals surface area contributed by atoms with E-state index in [1.807, 2.05) is 0 Å². The molecule has 0 aliphatic rings. The van der Waals surface area contributed by atoms with E-state index in [1.54, 1.807) is 62.4 Å². The molecule has 0 amide bonds. The molecule has 0 aliphatic heterocycles. The van der Waals surface area contributed by atoms with Gasteiger partial charge in [0.15, 0.2) is 11.6 Å². The first-order valence-electron chi connectivity index (χ1n) is 10.1. The van der Waals surface area contributed by atoms with Gasteiger partial charge in [0.2, 0.25) is 0 Å². The smallest absolute Gasteiger partial charge is 0.317 e. The zero-order valence-electron chi connectivity index (χ0n) is 18.0.